The summed E-state index contributed by atoms with van der Waals surface area (Å²) in [5.74, 6) is -0.999. The Morgan fingerprint density at radius 3 is 2.58 bits per heavy atom. The number of ketones is 1. The topological polar surface area (TPSA) is 66.8 Å². The van der Waals surface area contributed by atoms with Crippen LogP contribution in [0.15, 0.2) is 89.8 Å². The van der Waals surface area contributed by atoms with E-state index in [1.54, 1.807) is 24.3 Å². The van der Waals surface area contributed by atoms with Crippen LogP contribution in [0.1, 0.15) is 23.4 Å². The second-order valence-corrected chi connectivity index (χ2v) is 8.62. The summed E-state index contributed by atoms with van der Waals surface area (Å²) in [5, 5.41) is 15.0. The molecule has 4 aromatic rings. The molecule has 164 valence electrons. The number of amides is 1. The maximum absolute atomic E-state index is 13.4. The number of aliphatic hydroxyl groups is 1. The zero-order chi connectivity index (χ0) is 22.9. The number of carbonyl (C=O) groups is 2. The van der Waals surface area contributed by atoms with Gasteiger partial charge in [-0.25, -0.2) is 0 Å². The van der Waals surface area contributed by atoms with Crippen molar-refractivity contribution in [2.75, 3.05) is 11.5 Å². The van der Waals surface area contributed by atoms with Gasteiger partial charge in [-0.2, -0.15) is 0 Å². The SMILES string of the molecule is CCOc1cccc(/C(O)=C2/C(=O)C(=O)N(c3cccc4ccccc34)C2c2cccs2)c1. The van der Waals surface area contributed by atoms with Gasteiger partial charge in [-0.1, -0.05) is 54.6 Å². The zero-order valence-corrected chi connectivity index (χ0v) is 18.7. The standard InChI is InChI=1S/C27H21NO4S/c1-2-32-19-11-5-10-18(16-19)25(29)23-24(22-14-7-15-33-22)28(27(31)26(23)30)21-13-6-9-17-8-3-4-12-20(17)21/h3-16,24,29H,2H2,1H3/b25-23-. The minimum Gasteiger partial charge on any atom is -0.507 e. The first-order valence-corrected chi connectivity index (χ1v) is 11.5. The highest BCUT2D eigenvalue weighted by Gasteiger charge is 2.47. The summed E-state index contributed by atoms with van der Waals surface area (Å²) in [6, 6.07) is 23.3. The molecule has 3 aromatic carbocycles. The van der Waals surface area contributed by atoms with Gasteiger partial charge in [-0.15, -0.1) is 11.3 Å². The van der Waals surface area contributed by atoms with Crippen LogP contribution < -0.4 is 9.64 Å². The highest BCUT2D eigenvalue weighted by Crippen LogP contribution is 2.45. The summed E-state index contributed by atoms with van der Waals surface area (Å²) < 4.78 is 5.55. The van der Waals surface area contributed by atoms with E-state index in [0.717, 1.165) is 15.6 Å². The van der Waals surface area contributed by atoms with Crippen LogP contribution in [0.5, 0.6) is 5.75 Å². The Hall–Kier alpha value is -3.90. The molecule has 5 nitrogen and oxygen atoms in total. The number of carbonyl (C=O) groups excluding carboxylic acids is 2. The van der Waals surface area contributed by atoms with Crippen molar-refractivity contribution >= 4 is 45.2 Å². The lowest BCUT2D eigenvalue weighted by Gasteiger charge is -2.25. The van der Waals surface area contributed by atoms with Gasteiger partial charge in [0.15, 0.2) is 0 Å². The van der Waals surface area contributed by atoms with Crippen LogP contribution >= 0.6 is 11.3 Å². The van der Waals surface area contributed by atoms with Crippen molar-refractivity contribution in [3.05, 3.63) is 100 Å². The van der Waals surface area contributed by atoms with Crippen LogP contribution in [0, 0.1) is 0 Å². The molecule has 0 aliphatic carbocycles. The molecule has 5 rings (SSSR count). The summed E-state index contributed by atoms with van der Waals surface area (Å²) in [6.07, 6.45) is 0. The van der Waals surface area contributed by atoms with Crippen molar-refractivity contribution < 1.29 is 19.4 Å². The molecule has 1 aliphatic heterocycles. The maximum Gasteiger partial charge on any atom is 0.300 e. The molecule has 1 N–H and O–H groups in total. The molecule has 1 aromatic heterocycles. The van der Waals surface area contributed by atoms with E-state index in [1.807, 2.05) is 66.9 Å². The number of anilines is 1. The lowest BCUT2D eigenvalue weighted by molar-refractivity contribution is -0.132. The molecule has 0 saturated carbocycles. The lowest BCUT2D eigenvalue weighted by Crippen LogP contribution is -2.29. The number of ether oxygens (including phenoxy) is 1. The number of Topliss-reactive ketones (excluding diaryl/α,β-unsaturated/α-hetero) is 1. The molecule has 1 aliphatic rings. The number of nitrogens with zero attached hydrogens (tertiary/aromatic N) is 1. The van der Waals surface area contributed by atoms with Crippen molar-refractivity contribution in [3.8, 4) is 5.75 Å². The Balaban J connectivity index is 1.73. The predicted molar refractivity (Wildman–Crippen MR) is 131 cm³/mol. The summed E-state index contributed by atoms with van der Waals surface area (Å²) >= 11 is 1.44. The quantitative estimate of drug-likeness (QED) is 0.230. The van der Waals surface area contributed by atoms with E-state index < -0.39 is 17.7 Å². The average molecular weight is 456 g/mol. The van der Waals surface area contributed by atoms with Gasteiger partial charge in [0, 0.05) is 15.8 Å². The number of hydrogen-bond donors (Lipinski definition) is 1. The smallest absolute Gasteiger partial charge is 0.300 e. The van der Waals surface area contributed by atoms with E-state index in [4.69, 9.17) is 4.74 Å². The first-order valence-electron chi connectivity index (χ1n) is 10.7. The Morgan fingerprint density at radius 2 is 1.79 bits per heavy atom. The lowest BCUT2D eigenvalue weighted by atomic mass is 9.99. The van der Waals surface area contributed by atoms with Crippen LogP contribution in [0.25, 0.3) is 16.5 Å². The number of fused-ring (bicyclic) bond motifs is 1. The molecule has 1 unspecified atom stereocenters. The van der Waals surface area contributed by atoms with Crippen LogP contribution in [0.3, 0.4) is 0 Å². The van der Waals surface area contributed by atoms with Gasteiger partial charge in [0.05, 0.1) is 17.9 Å². The Kier molecular flexibility index (Phi) is 5.44. The molecule has 1 amide bonds. The molecule has 0 radical (unpaired) electrons. The van der Waals surface area contributed by atoms with Gasteiger partial charge < -0.3 is 9.84 Å². The van der Waals surface area contributed by atoms with Gasteiger partial charge in [0.2, 0.25) is 0 Å². The average Bonchev–Trinajstić information content (AvgIpc) is 3.46. The molecule has 1 atom stereocenters. The van der Waals surface area contributed by atoms with Crippen molar-refractivity contribution in [2.45, 2.75) is 13.0 Å². The molecule has 1 saturated heterocycles. The molecular weight excluding hydrogens is 434 g/mol. The van der Waals surface area contributed by atoms with E-state index in [-0.39, 0.29) is 11.3 Å². The van der Waals surface area contributed by atoms with E-state index in [1.165, 1.54) is 16.2 Å². The minimum absolute atomic E-state index is 0.0732. The second kappa shape index (κ2) is 8.56. The third-order valence-corrected chi connectivity index (χ3v) is 6.63. The third kappa shape index (κ3) is 3.58. The summed E-state index contributed by atoms with van der Waals surface area (Å²) in [7, 11) is 0. The Bertz CT molecular complexity index is 1390. The molecule has 0 bridgehead atoms. The first-order chi connectivity index (χ1) is 16.1. The van der Waals surface area contributed by atoms with E-state index in [0.29, 0.717) is 23.6 Å². The van der Waals surface area contributed by atoms with Crippen LogP contribution in [-0.4, -0.2) is 23.4 Å². The largest absolute Gasteiger partial charge is 0.507 e. The van der Waals surface area contributed by atoms with Gasteiger partial charge in [0.1, 0.15) is 17.6 Å². The van der Waals surface area contributed by atoms with Gasteiger partial charge in [-0.05, 0) is 42.0 Å². The van der Waals surface area contributed by atoms with Gasteiger partial charge in [-0.3, -0.25) is 14.5 Å². The minimum atomic E-state index is -0.730. The molecule has 1 fully saturated rings. The normalized spacial score (nSPS) is 17.6. The van der Waals surface area contributed by atoms with Crippen LogP contribution in [-0.2, 0) is 9.59 Å². The number of benzene rings is 3. The fourth-order valence-electron chi connectivity index (χ4n) is 4.27. The number of rotatable bonds is 5. The highest BCUT2D eigenvalue weighted by atomic mass is 32.1. The molecule has 33 heavy (non-hydrogen) atoms. The van der Waals surface area contributed by atoms with Crippen molar-refractivity contribution in [2.24, 2.45) is 0 Å². The van der Waals surface area contributed by atoms with Crippen molar-refractivity contribution in [1.29, 1.82) is 0 Å². The number of hydrogen-bond acceptors (Lipinski definition) is 5. The van der Waals surface area contributed by atoms with Crippen LogP contribution in [0.2, 0.25) is 0 Å². The zero-order valence-electron chi connectivity index (χ0n) is 17.9. The molecule has 0 spiro atoms. The first kappa shape index (κ1) is 21.0. The van der Waals surface area contributed by atoms with Crippen molar-refractivity contribution in [3.63, 3.8) is 0 Å². The highest BCUT2D eigenvalue weighted by molar-refractivity contribution is 7.10. The number of aliphatic hydroxyl groups excluding tert-OH is 1. The second-order valence-electron chi connectivity index (χ2n) is 7.64. The fraction of sp³-hybridized carbons (Fsp3) is 0.111. The predicted octanol–water partition coefficient (Wildman–Crippen LogP) is 5.93. The number of thiophene rings is 1. The summed E-state index contributed by atoms with van der Waals surface area (Å²) in [5.41, 5.74) is 1.14. The van der Waals surface area contributed by atoms with Gasteiger partial charge in [0.25, 0.3) is 11.7 Å². The third-order valence-electron chi connectivity index (χ3n) is 5.70. The van der Waals surface area contributed by atoms with E-state index in [2.05, 4.69) is 0 Å². The molecule has 6 heteroatoms. The monoisotopic (exact) mass is 455 g/mol. The Labute approximate surface area is 195 Å². The van der Waals surface area contributed by atoms with Crippen molar-refractivity contribution in [1.82, 2.24) is 0 Å². The molecule has 2 heterocycles. The van der Waals surface area contributed by atoms with E-state index in [9.17, 15) is 14.7 Å². The maximum atomic E-state index is 13.4. The molecular formula is C27H21NO4S. The van der Waals surface area contributed by atoms with Crippen LogP contribution in [0.4, 0.5) is 5.69 Å². The Morgan fingerprint density at radius 1 is 1.00 bits per heavy atom. The van der Waals surface area contributed by atoms with Gasteiger partial charge >= 0.3 is 0 Å². The summed E-state index contributed by atoms with van der Waals surface area (Å²) in [6.45, 7) is 2.35. The fourth-order valence-corrected chi connectivity index (χ4v) is 5.09. The summed E-state index contributed by atoms with van der Waals surface area (Å²) in [4.78, 5) is 29.0. The van der Waals surface area contributed by atoms with E-state index >= 15 is 0 Å².